The number of nitrogens with zero attached hydrogens (tertiary/aromatic N) is 2. The Bertz CT molecular complexity index is 1220. The highest BCUT2D eigenvalue weighted by atomic mass is 16.2. The fourth-order valence-corrected chi connectivity index (χ4v) is 4.29. The average molecular weight is 444 g/mol. The molecule has 0 radical (unpaired) electrons. The number of carbonyl (C=O) groups excluding carboxylic acids is 2. The molecule has 1 saturated heterocycles. The van der Waals surface area contributed by atoms with Crippen LogP contribution in [0.5, 0.6) is 0 Å². The summed E-state index contributed by atoms with van der Waals surface area (Å²) in [6.45, 7) is 5.13. The zero-order valence-corrected chi connectivity index (χ0v) is 19.1. The van der Waals surface area contributed by atoms with Crippen molar-refractivity contribution in [2.45, 2.75) is 45.8 Å². The van der Waals surface area contributed by atoms with Crippen molar-refractivity contribution in [3.8, 4) is 0 Å². The Morgan fingerprint density at radius 3 is 2.55 bits per heavy atom. The molecule has 2 aromatic carbocycles. The Labute approximate surface area is 193 Å². The lowest BCUT2D eigenvalue weighted by molar-refractivity contribution is -0.132. The van der Waals surface area contributed by atoms with Gasteiger partial charge in [0.05, 0.1) is 11.6 Å². The summed E-state index contributed by atoms with van der Waals surface area (Å²) < 4.78 is 1.33. The quantitative estimate of drug-likeness (QED) is 0.631. The minimum absolute atomic E-state index is 0.0184. The lowest BCUT2D eigenvalue weighted by atomic mass is 9.99. The van der Waals surface area contributed by atoms with Crippen molar-refractivity contribution in [1.29, 1.82) is 0 Å². The lowest BCUT2D eigenvalue weighted by Crippen LogP contribution is -2.36. The maximum Gasteiger partial charge on any atom is 0.253 e. The van der Waals surface area contributed by atoms with Crippen molar-refractivity contribution in [3.05, 3.63) is 105 Å². The van der Waals surface area contributed by atoms with Gasteiger partial charge in [-0.05, 0) is 55.0 Å². The molecule has 1 atom stereocenters. The first-order chi connectivity index (χ1) is 15.9. The summed E-state index contributed by atoms with van der Waals surface area (Å²) in [6.07, 6.45) is 3.31. The van der Waals surface area contributed by atoms with Gasteiger partial charge < -0.3 is 14.8 Å². The van der Waals surface area contributed by atoms with Crippen molar-refractivity contribution < 1.29 is 9.59 Å². The van der Waals surface area contributed by atoms with E-state index in [4.69, 9.17) is 0 Å². The van der Waals surface area contributed by atoms with Crippen LogP contribution in [-0.2, 0) is 17.9 Å². The smallest absolute Gasteiger partial charge is 0.253 e. The maximum atomic E-state index is 13.2. The van der Waals surface area contributed by atoms with Crippen LogP contribution >= 0.6 is 0 Å². The summed E-state index contributed by atoms with van der Waals surface area (Å²) in [5.74, 6) is -0.395. The molecule has 0 aliphatic carbocycles. The molecular formula is C27H29N3O3. The fourth-order valence-electron chi connectivity index (χ4n) is 4.29. The third-order valence-corrected chi connectivity index (χ3v) is 6.34. The van der Waals surface area contributed by atoms with E-state index in [-0.39, 0.29) is 30.0 Å². The molecule has 3 aromatic rings. The van der Waals surface area contributed by atoms with E-state index in [2.05, 4.69) is 37.4 Å². The van der Waals surface area contributed by atoms with Crippen LogP contribution in [0.3, 0.4) is 0 Å². The van der Waals surface area contributed by atoms with E-state index in [1.807, 2.05) is 35.2 Å². The highest BCUT2D eigenvalue weighted by molar-refractivity contribution is 5.93. The molecule has 0 saturated carbocycles. The summed E-state index contributed by atoms with van der Waals surface area (Å²) in [6, 6.07) is 18.8. The third kappa shape index (κ3) is 5.22. The van der Waals surface area contributed by atoms with Gasteiger partial charge in [0.2, 0.25) is 5.91 Å². The van der Waals surface area contributed by atoms with Crippen molar-refractivity contribution in [2.75, 3.05) is 6.54 Å². The molecule has 2 amide bonds. The first-order valence-corrected chi connectivity index (χ1v) is 11.3. The van der Waals surface area contributed by atoms with Gasteiger partial charge in [-0.25, -0.2) is 0 Å². The Hall–Kier alpha value is -3.67. The largest absolute Gasteiger partial charge is 0.348 e. The van der Waals surface area contributed by atoms with E-state index in [9.17, 15) is 14.4 Å². The summed E-state index contributed by atoms with van der Waals surface area (Å²) in [5.41, 5.74) is 4.60. The number of aryl methyl sites for hydroxylation is 2. The van der Waals surface area contributed by atoms with Crippen molar-refractivity contribution in [3.63, 3.8) is 0 Å². The van der Waals surface area contributed by atoms with Crippen LogP contribution in [0.25, 0.3) is 0 Å². The van der Waals surface area contributed by atoms with Gasteiger partial charge >= 0.3 is 0 Å². The SMILES string of the molecule is Cc1ccc([C@H]2CCCN2C(=O)Cn2cc(C(=O)NCc3ccccc3)ccc2=O)cc1C. The maximum absolute atomic E-state index is 13.2. The summed E-state index contributed by atoms with van der Waals surface area (Å²) in [4.78, 5) is 40.0. The van der Waals surface area contributed by atoms with E-state index in [1.165, 1.54) is 34.0 Å². The molecule has 2 heterocycles. The van der Waals surface area contributed by atoms with Crippen LogP contribution < -0.4 is 10.9 Å². The molecule has 6 nitrogen and oxygen atoms in total. The van der Waals surface area contributed by atoms with E-state index >= 15 is 0 Å². The van der Waals surface area contributed by atoms with Crippen molar-refractivity contribution in [1.82, 2.24) is 14.8 Å². The average Bonchev–Trinajstić information content (AvgIpc) is 3.31. The number of carbonyl (C=O) groups is 2. The topological polar surface area (TPSA) is 71.4 Å². The number of hydrogen-bond donors (Lipinski definition) is 1. The standard InChI is InChI=1S/C27H29N3O3/c1-19-10-11-22(15-20(19)2)24-9-6-14-30(24)26(32)18-29-17-23(12-13-25(29)31)27(33)28-16-21-7-4-3-5-8-21/h3-5,7-8,10-13,15,17,24H,6,9,14,16,18H2,1-2H3,(H,28,33)/t24-/m1/s1. The highest BCUT2D eigenvalue weighted by Crippen LogP contribution is 2.33. The Kier molecular flexibility index (Phi) is 6.73. The van der Waals surface area contributed by atoms with E-state index in [0.717, 1.165) is 24.0 Å². The van der Waals surface area contributed by atoms with Gasteiger partial charge in [-0.1, -0.05) is 48.5 Å². The summed E-state index contributed by atoms with van der Waals surface area (Å²) >= 11 is 0. The number of aromatic nitrogens is 1. The van der Waals surface area contributed by atoms with E-state index < -0.39 is 0 Å². The van der Waals surface area contributed by atoms with E-state index in [1.54, 1.807) is 0 Å². The Morgan fingerprint density at radius 2 is 1.79 bits per heavy atom. The fraction of sp³-hybridized carbons (Fsp3) is 0.296. The van der Waals surface area contributed by atoms with Crippen LogP contribution in [-0.4, -0.2) is 27.8 Å². The monoisotopic (exact) mass is 443 g/mol. The molecule has 4 rings (SSSR count). The van der Waals surface area contributed by atoms with Crippen molar-refractivity contribution in [2.24, 2.45) is 0 Å². The molecular weight excluding hydrogens is 414 g/mol. The predicted octanol–water partition coefficient (Wildman–Crippen LogP) is 3.76. The minimum Gasteiger partial charge on any atom is -0.348 e. The van der Waals surface area contributed by atoms with Crippen molar-refractivity contribution >= 4 is 11.8 Å². The van der Waals surface area contributed by atoms with Gasteiger partial charge in [0.1, 0.15) is 6.54 Å². The van der Waals surface area contributed by atoms with Crippen LogP contribution in [0.15, 0.2) is 71.7 Å². The number of benzene rings is 2. The number of hydrogen-bond acceptors (Lipinski definition) is 3. The molecule has 170 valence electrons. The van der Waals surface area contributed by atoms with E-state index in [0.29, 0.717) is 18.7 Å². The molecule has 1 aromatic heterocycles. The first kappa shape index (κ1) is 22.5. The Morgan fingerprint density at radius 1 is 1.00 bits per heavy atom. The first-order valence-electron chi connectivity index (χ1n) is 11.3. The second-order valence-electron chi connectivity index (χ2n) is 8.64. The zero-order chi connectivity index (χ0) is 23.4. The lowest BCUT2D eigenvalue weighted by Gasteiger charge is -2.26. The molecule has 33 heavy (non-hydrogen) atoms. The number of rotatable bonds is 6. The zero-order valence-electron chi connectivity index (χ0n) is 19.1. The minimum atomic E-state index is -0.301. The molecule has 0 bridgehead atoms. The Balaban J connectivity index is 1.46. The molecule has 0 spiro atoms. The van der Waals surface area contributed by atoms with Gasteiger partial charge in [0, 0.05) is 25.4 Å². The second kappa shape index (κ2) is 9.86. The van der Waals surface area contributed by atoms with Crippen LogP contribution in [0.2, 0.25) is 0 Å². The van der Waals surface area contributed by atoms with Crippen LogP contribution in [0.4, 0.5) is 0 Å². The normalized spacial score (nSPS) is 15.5. The molecule has 6 heteroatoms. The molecule has 1 fully saturated rings. The van der Waals surface area contributed by atoms with Gasteiger partial charge in [-0.3, -0.25) is 14.4 Å². The summed E-state index contributed by atoms with van der Waals surface area (Å²) in [5, 5.41) is 2.86. The van der Waals surface area contributed by atoms with Gasteiger partial charge in [-0.15, -0.1) is 0 Å². The number of nitrogens with one attached hydrogen (secondary N) is 1. The van der Waals surface area contributed by atoms with Crippen LogP contribution in [0, 0.1) is 13.8 Å². The third-order valence-electron chi connectivity index (χ3n) is 6.34. The van der Waals surface area contributed by atoms with Gasteiger partial charge in [0.25, 0.3) is 11.5 Å². The molecule has 1 aliphatic rings. The number of amides is 2. The highest BCUT2D eigenvalue weighted by Gasteiger charge is 2.30. The molecule has 0 unspecified atom stereocenters. The second-order valence-corrected chi connectivity index (χ2v) is 8.64. The molecule has 1 N–H and O–H groups in total. The number of likely N-dealkylation sites (tertiary alicyclic amines) is 1. The summed E-state index contributed by atoms with van der Waals surface area (Å²) in [7, 11) is 0. The van der Waals surface area contributed by atoms with Gasteiger partial charge in [-0.2, -0.15) is 0 Å². The van der Waals surface area contributed by atoms with Gasteiger partial charge in [0.15, 0.2) is 0 Å². The predicted molar refractivity (Wildman–Crippen MR) is 128 cm³/mol. The molecule has 1 aliphatic heterocycles. The number of pyridine rings is 1. The van der Waals surface area contributed by atoms with Crippen LogP contribution in [0.1, 0.15) is 51.5 Å².